The van der Waals surface area contributed by atoms with Gasteiger partial charge in [0.25, 0.3) is 0 Å². The zero-order valence-electron chi connectivity index (χ0n) is 15.5. The first-order valence-electron chi connectivity index (χ1n) is 9.51. The fraction of sp³-hybridized carbons (Fsp3) is 0.304. The van der Waals surface area contributed by atoms with Crippen LogP contribution < -0.4 is 0 Å². The van der Waals surface area contributed by atoms with Gasteiger partial charge in [-0.1, -0.05) is 48.5 Å². The molecule has 1 unspecified atom stereocenters. The SMILES string of the molecule is Cc1cccnc1C(c1cccc2ccccc12)N1CCC(C(=O)O)CC1. The van der Waals surface area contributed by atoms with Crippen molar-refractivity contribution < 1.29 is 9.90 Å². The Morgan fingerprint density at radius 3 is 2.56 bits per heavy atom. The summed E-state index contributed by atoms with van der Waals surface area (Å²) in [5.41, 5.74) is 3.46. The summed E-state index contributed by atoms with van der Waals surface area (Å²) in [6, 6.07) is 19.0. The predicted octanol–water partition coefficient (Wildman–Crippen LogP) is 4.43. The van der Waals surface area contributed by atoms with Crippen LogP contribution in [0.5, 0.6) is 0 Å². The molecule has 2 heterocycles. The van der Waals surface area contributed by atoms with Gasteiger partial charge in [0.15, 0.2) is 0 Å². The second-order valence-electron chi connectivity index (χ2n) is 7.32. The summed E-state index contributed by atoms with van der Waals surface area (Å²) >= 11 is 0. The zero-order valence-corrected chi connectivity index (χ0v) is 15.5. The predicted molar refractivity (Wildman–Crippen MR) is 107 cm³/mol. The number of fused-ring (bicyclic) bond motifs is 1. The Morgan fingerprint density at radius 1 is 1.07 bits per heavy atom. The summed E-state index contributed by atoms with van der Waals surface area (Å²) < 4.78 is 0. The third-order valence-corrected chi connectivity index (χ3v) is 5.67. The van der Waals surface area contributed by atoms with Gasteiger partial charge in [-0.15, -0.1) is 0 Å². The molecule has 3 aromatic rings. The minimum Gasteiger partial charge on any atom is -0.481 e. The fourth-order valence-corrected chi connectivity index (χ4v) is 4.19. The minimum atomic E-state index is -0.676. The second-order valence-corrected chi connectivity index (χ2v) is 7.32. The lowest BCUT2D eigenvalue weighted by atomic mass is 9.90. The monoisotopic (exact) mass is 360 g/mol. The van der Waals surface area contributed by atoms with Crippen molar-refractivity contribution in [3.8, 4) is 0 Å². The van der Waals surface area contributed by atoms with Crippen molar-refractivity contribution >= 4 is 16.7 Å². The number of hydrogen-bond acceptors (Lipinski definition) is 3. The van der Waals surface area contributed by atoms with Crippen molar-refractivity contribution in [2.45, 2.75) is 25.8 Å². The Morgan fingerprint density at radius 2 is 1.81 bits per heavy atom. The molecule has 0 bridgehead atoms. The standard InChI is InChI=1S/C23H24N2O2/c1-16-6-5-13-24-21(16)22(25-14-11-18(12-15-25)23(26)27)20-10-4-8-17-7-2-3-9-19(17)20/h2-10,13,18,22H,11-12,14-15H2,1H3,(H,26,27). The van der Waals surface area contributed by atoms with Crippen molar-refractivity contribution in [2.75, 3.05) is 13.1 Å². The molecule has 1 aromatic heterocycles. The average molecular weight is 360 g/mol. The van der Waals surface area contributed by atoms with Crippen molar-refractivity contribution in [3.05, 3.63) is 77.6 Å². The van der Waals surface area contributed by atoms with Gasteiger partial charge < -0.3 is 5.11 Å². The second kappa shape index (κ2) is 7.49. The number of carboxylic acids is 1. The summed E-state index contributed by atoms with van der Waals surface area (Å²) in [6.45, 7) is 3.63. The molecule has 138 valence electrons. The van der Waals surface area contributed by atoms with Gasteiger partial charge in [0, 0.05) is 6.20 Å². The molecular weight excluding hydrogens is 336 g/mol. The first-order chi connectivity index (χ1) is 13.1. The van der Waals surface area contributed by atoms with Gasteiger partial charge >= 0.3 is 5.97 Å². The lowest BCUT2D eigenvalue weighted by molar-refractivity contribution is -0.143. The van der Waals surface area contributed by atoms with E-state index < -0.39 is 5.97 Å². The van der Waals surface area contributed by atoms with Gasteiger partial charge in [-0.2, -0.15) is 0 Å². The highest BCUT2D eigenvalue weighted by Crippen LogP contribution is 2.36. The highest BCUT2D eigenvalue weighted by atomic mass is 16.4. The number of benzene rings is 2. The number of likely N-dealkylation sites (tertiary alicyclic amines) is 1. The number of rotatable bonds is 4. The Labute approximate surface area is 159 Å². The van der Waals surface area contributed by atoms with E-state index in [0.29, 0.717) is 12.8 Å². The van der Waals surface area contributed by atoms with Gasteiger partial charge in [-0.3, -0.25) is 14.7 Å². The number of aromatic nitrogens is 1. The molecule has 1 saturated heterocycles. The van der Waals surface area contributed by atoms with Crippen molar-refractivity contribution in [2.24, 2.45) is 5.92 Å². The number of hydrogen-bond donors (Lipinski definition) is 1. The van der Waals surface area contributed by atoms with Crippen molar-refractivity contribution in [3.63, 3.8) is 0 Å². The van der Waals surface area contributed by atoms with E-state index in [9.17, 15) is 9.90 Å². The number of carboxylic acid groups (broad SMARTS) is 1. The van der Waals surface area contributed by atoms with E-state index >= 15 is 0 Å². The van der Waals surface area contributed by atoms with Crippen LogP contribution >= 0.6 is 0 Å². The van der Waals surface area contributed by atoms with E-state index in [4.69, 9.17) is 4.98 Å². The lowest BCUT2D eigenvalue weighted by Crippen LogP contribution is -2.39. The Bertz CT molecular complexity index is 956. The molecule has 1 aliphatic heterocycles. The van der Waals surface area contributed by atoms with Crippen LogP contribution in [0.3, 0.4) is 0 Å². The van der Waals surface area contributed by atoms with Crippen LogP contribution in [-0.4, -0.2) is 34.0 Å². The van der Waals surface area contributed by atoms with Crippen LogP contribution in [0.25, 0.3) is 10.8 Å². The fourth-order valence-electron chi connectivity index (χ4n) is 4.19. The molecule has 0 amide bonds. The number of carbonyl (C=O) groups is 1. The maximum absolute atomic E-state index is 11.4. The molecule has 4 nitrogen and oxygen atoms in total. The molecule has 0 spiro atoms. The largest absolute Gasteiger partial charge is 0.481 e. The van der Waals surface area contributed by atoms with Gasteiger partial charge in [0.05, 0.1) is 17.7 Å². The van der Waals surface area contributed by atoms with E-state index in [1.807, 2.05) is 12.3 Å². The van der Waals surface area contributed by atoms with Crippen LogP contribution in [-0.2, 0) is 4.79 Å². The molecular formula is C23H24N2O2. The van der Waals surface area contributed by atoms with Crippen LogP contribution in [0.2, 0.25) is 0 Å². The summed E-state index contributed by atoms with van der Waals surface area (Å²) in [7, 11) is 0. The lowest BCUT2D eigenvalue weighted by Gasteiger charge is -2.37. The van der Waals surface area contributed by atoms with Crippen molar-refractivity contribution in [1.29, 1.82) is 0 Å². The van der Waals surface area contributed by atoms with Gasteiger partial charge in [0.2, 0.25) is 0 Å². The van der Waals surface area contributed by atoms with Crippen LogP contribution in [0, 0.1) is 12.8 Å². The van der Waals surface area contributed by atoms with E-state index in [1.54, 1.807) is 0 Å². The Hall–Kier alpha value is -2.72. The number of piperidine rings is 1. The topological polar surface area (TPSA) is 53.4 Å². The zero-order chi connectivity index (χ0) is 18.8. The number of pyridine rings is 1. The Balaban J connectivity index is 1.80. The molecule has 4 rings (SSSR count). The van der Waals surface area contributed by atoms with Gasteiger partial charge in [0.1, 0.15) is 0 Å². The van der Waals surface area contributed by atoms with Gasteiger partial charge in [-0.25, -0.2) is 0 Å². The summed E-state index contributed by atoms with van der Waals surface area (Å²) in [5, 5.41) is 11.8. The molecule has 0 saturated carbocycles. The molecule has 1 atom stereocenters. The number of nitrogens with zero attached hydrogens (tertiary/aromatic N) is 2. The van der Waals surface area contributed by atoms with Crippen LogP contribution in [0.1, 0.15) is 35.7 Å². The molecule has 1 N–H and O–H groups in total. The third kappa shape index (κ3) is 3.45. The molecule has 1 aliphatic rings. The van der Waals surface area contributed by atoms with Gasteiger partial charge in [-0.05, 0) is 60.8 Å². The van der Waals surface area contributed by atoms with E-state index in [0.717, 1.165) is 24.3 Å². The smallest absolute Gasteiger partial charge is 0.306 e. The van der Waals surface area contributed by atoms with E-state index in [1.165, 1.54) is 16.3 Å². The maximum atomic E-state index is 11.4. The summed E-state index contributed by atoms with van der Waals surface area (Å²) in [4.78, 5) is 18.5. The highest BCUT2D eigenvalue weighted by Gasteiger charge is 2.32. The molecule has 0 radical (unpaired) electrons. The third-order valence-electron chi connectivity index (χ3n) is 5.67. The molecule has 27 heavy (non-hydrogen) atoms. The number of aliphatic carboxylic acids is 1. The van der Waals surface area contributed by atoms with E-state index in [2.05, 4.69) is 60.4 Å². The maximum Gasteiger partial charge on any atom is 0.306 e. The molecule has 2 aromatic carbocycles. The summed E-state index contributed by atoms with van der Waals surface area (Å²) in [6.07, 6.45) is 3.22. The highest BCUT2D eigenvalue weighted by molar-refractivity contribution is 5.86. The van der Waals surface area contributed by atoms with Crippen LogP contribution in [0.4, 0.5) is 0 Å². The minimum absolute atomic E-state index is 0.0343. The summed E-state index contributed by atoms with van der Waals surface area (Å²) in [5.74, 6) is -0.912. The van der Waals surface area contributed by atoms with Crippen LogP contribution in [0.15, 0.2) is 60.8 Å². The first-order valence-corrected chi connectivity index (χ1v) is 9.51. The molecule has 0 aliphatic carbocycles. The van der Waals surface area contributed by atoms with E-state index in [-0.39, 0.29) is 12.0 Å². The normalized spacial score (nSPS) is 17.1. The number of aryl methyl sites for hydroxylation is 1. The molecule has 1 fully saturated rings. The quantitative estimate of drug-likeness (QED) is 0.748. The molecule has 4 heteroatoms. The van der Waals surface area contributed by atoms with Crippen molar-refractivity contribution in [1.82, 2.24) is 9.88 Å². The Kier molecular flexibility index (Phi) is 4.90. The average Bonchev–Trinajstić information content (AvgIpc) is 2.70. The first kappa shape index (κ1) is 17.7.